The van der Waals surface area contributed by atoms with E-state index in [4.69, 9.17) is 0 Å². The zero-order chi connectivity index (χ0) is 13.3. The van der Waals surface area contributed by atoms with E-state index < -0.39 is 17.0 Å². The van der Waals surface area contributed by atoms with Crippen molar-refractivity contribution in [1.82, 2.24) is 10.6 Å². The van der Waals surface area contributed by atoms with Gasteiger partial charge in [0.1, 0.15) is 11.6 Å². The predicted octanol–water partition coefficient (Wildman–Crippen LogP) is 2.55. The lowest BCUT2D eigenvalue weighted by Gasteiger charge is -2.21. The fourth-order valence-corrected chi connectivity index (χ4v) is 2.57. The maximum absolute atomic E-state index is 13.8. The minimum Gasteiger partial charge on any atom is -0.356 e. The van der Waals surface area contributed by atoms with E-state index >= 15 is 0 Å². The number of nitrogens with zero attached hydrogens (tertiary/aromatic N) is 1. The summed E-state index contributed by atoms with van der Waals surface area (Å²) in [5.41, 5.74) is -0.184. The lowest BCUT2D eigenvalue weighted by atomic mass is 9.94. The van der Waals surface area contributed by atoms with Crippen molar-refractivity contribution >= 4 is 29.9 Å². The van der Waals surface area contributed by atoms with Gasteiger partial charge >= 0.3 is 0 Å². The minimum absolute atomic E-state index is 0. The molecule has 2 aliphatic rings. The molecule has 20 heavy (non-hydrogen) atoms. The van der Waals surface area contributed by atoms with Crippen molar-refractivity contribution < 1.29 is 8.78 Å². The van der Waals surface area contributed by atoms with Crippen LogP contribution in [-0.4, -0.2) is 25.6 Å². The maximum atomic E-state index is 13.8. The average molecular weight is 393 g/mol. The highest BCUT2D eigenvalue weighted by Crippen LogP contribution is 2.49. The monoisotopic (exact) mass is 393 g/mol. The van der Waals surface area contributed by atoms with E-state index in [1.165, 1.54) is 18.2 Å². The van der Waals surface area contributed by atoms with Gasteiger partial charge in [-0.1, -0.05) is 6.07 Å². The highest BCUT2D eigenvalue weighted by atomic mass is 127. The Balaban J connectivity index is 0.00000147. The SMILES string of the molecule is Fc1cccc(F)c1C1(CNC2=NCCCN2)CC1.I. The van der Waals surface area contributed by atoms with Gasteiger partial charge < -0.3 is 10.6 Å². The van der Waals surface area contributed by atoms with E-state index in [0.29, 0.717) is 6.54 Å². The van der Waals surface area contributed by atoms with Crippen LogP contribution in [0, 0.1) is 11.6 Å². The van der Waals surface area contributed by atoms with Gasteiger partial charge in [-0.05, 0) is 31.4 Å². The summed E-state index contributed by atoms with van der Waals surface area (Å²) < 4.78 is 27.7. The second kappa shape index (κ2) is 6.24. The summed E-state index contributed by atoms with van der Waals surface area (Å²) in [6.07, 6.45) is 2.65. The van der Waals surface area contributed by atoms with Gasteiger partial charge in [0.05, 0.1) is 0 Å². The standard InChI is InChI=1S/C14H17F2N3.HI/c15-10-3-1-4-11(16)12(10)14(5-6-14)9-19-13-17-7-2-8-18-13;/h1,3-4H,2,5-9H2,(H2,17,18,19);1H. The summed E-state index contributed by atoms with van der Waals surface area (Å²) in [7, 11) is 0. The Morgan fingerprint density at radius 3 is 2.50 bits per heavy atom. The van der Waals surface area contributed by atoms with Crippen molar-refractivity contribution in [1.29, 1.82) is 0 Å². The van der Waals surface area contributed by atoms with Gasteiger partial charge in [0.2, 0.25) is 0 Å². The van der Waals surface area contributed by atoms with Crippen molar-refractivity contribution in [3.63, 3.8) is 0 Å². The molecular weight excluding hydrogens is 375 g/mol. The number of hydrogen-bond donors (Lipinski definition) is 2. The van der Waals surface area contributed by atoms with Crippen molar-refractivity contribution in [3.05, 3.63) is 35.4 Å². The number of benzene rings is 1. The average Bonchev–Trinajstić information content (AvgIpc) is 3.19. The Hall–Kier alpha value is -0.920. The lowest BCUT2D eigenvalue weighted by Crippen LogP contribution is -2.44. The fourth-order valence-electron chi connectivity index (χ4n) is 2.57. The Labute approximate surface area is 134 Å². The molecule has 0 saturated heterocycles. The Morgan fingerprint density at radius 1 is 1.25 bits per heavy atom. The Bertz CT molecular complexity index is 495. The normalized spacial score (nSPS) is 19.4. The molecule has 0 unspecified atom stereocenters. The number of hydrogen-bond acceptors (Lipinski definition) is 3. The summed E-state index contributed by atoms with van der Waals surface area (Å²) in [6, 6.07) is 4.06. The molecule has 1 fully saturated rings. The van der Waals surface area contributed by atoms with E-state index in [1.54, 1.807) is 0 Å². The van der Waals surface area contributed by atoms with Crippen molar-refractivity contribution in [2.24, 2.45) is 4.99 Å². The van der Waals surface area contributed by atoms with Gasteiger partial charge in [0.25, 0.3) is 0 Å². The van der Waals surface area contributed by atoms with Crippen LogP contribution in [0.2, 0.25) is 0 Å². The zero-order valence-corrected chi connectivity index (χ0v) is 13.4. The zero-order valence-electron chi connectivity index (χ0n) is 11.1. The minimum atomic E-state index is -0.446. The summed E-state index contributed by atoms with van der Waals surface area (Å²) in [5, 5.41) is 6.33. The van der Waals surface area contributed by atoms with E-state index in [-0.39, 0.29) is 29.5 Å². The third kappa shape index (κ3) is 3.05. The first kappa shape index (κ1) is 15.5. The van der Waals surface area contributed by atoms with E-state index in [1.807, 2.05) is 0 Å². The van der Waals surface area contributed by atoms with Gasteiger partial charge in [0, 0.05) is 30.6 Å². The first-order valence-corrected chi connectivity index (χ1v) is 6.68. The highest BCUT2D eigenvalue weighted by molar-refractivity contribution is 14.0. The van der Waals surface area contributed by atoms with Crippen molar-refractivity contribution in [2.75, 3.05) is 19.6 Å². The molecule has 1 aliphatic heterocycles. The summed E-state index contributed by atoms with van der Waals surface area (Å²) in [4.78, 5) is 4.31. The van der Waals surface area contributed by atoms with Crippen molar-refractivity contribution in [3.8, 4) is 0 Å². The first-order valence-electron chi connectivity index (χ1n) is 6.68. The molecule has 0 atom stereocenters. The molecule has 1 saturated carbocycles. The Kier molecular flexibility index (Phi) is 4.82. The van der Waals surface area contributed by atoms with E-state index in [0.717, 1.165) is 38.3 Å². The molecule has 2 N–H and O–H groups in total. The van der Waals surface area contributed by atoms with Crippen LogP contribution < -0.4 is 10.6 Å². The van der Waals surface area contributed by atoms with Crippen LogP contribution >= 0.6 is 24.0 Å². The molecule has 0 radical (unpaired) electrons. The molecule has 1 aliphatic carbocycles. The quantitative estimate of drug-likeness (QED) is 0.775. The van der Waals surface area contributed by atoms with Gasteiger partial charge in [-0.2, -0.15) is 0 Å². The van der Waals surface area contributed by atoms with Gasteiger partial charge in [-0.15, -0.1) is 24.0 Å². The molecule has 0 bridgehead atoms. The first-order chi connectivity index (χ1) is 9.21. The maximum Gasteiger partial charge on any atom is 0.191 e. The van der Waals surface area contributed by atoms with Crippen LogP contribution in [0.4, 0.5) is 8.78 Å². The number of rotatable bonds is 3. The van der Waals surface area contributed by atoms with Gasteiger partial charge in [-0.25, -0.2) is 8.78 Å². The summed E-state index contributed by atoms with van der Waals surface area (Å²) in [5.74, 6) is -0.148. The topological polar surface area (TPSA) is 36.4 Å². The number of guanidine groups is 1. The molecule has 3 rings (SSSR count). The molecule has 1 aromatic carbocycles. The van der Waals surface area contributed by atoms with Crippen LogP contribution in [0.15, 0.2) is 23.2 Å². The van der Waals surface area contributed by atoms with Crippen LogP contribution in [-0.2, 0) is 5.41 Å². The molecule has 6 heteroatoms. The fraction of sp³-hybridized carbons (Fsp3) is 0.500. The van der Waals surface area contributed by atoms with E-state index in [2.05, 4.69) is 15.6 Å². The molecule has 3 nitrogen and oxygen atoms in total. The molecule has 0 amide bonds. The lowest BCUT2D eigenvalue weighted by molar-refractivity contribution is 0.506. The number of aliphatic imine (C=N–C) groups is 1. The van der Waals surface area contributed by atoms with E-state index in [9.17, 15) is 8.78 Å². The molecular formula is C14H18F2IN3. The van der Waals surface area contributed by atoms with Crippen LogP contribution in [0.25, 0.3) is 0 Å². The smallest absolute Gasteiger partial charge is 0.191 e. The largest absolute Gasteiger partial charge is 0.356 e. The summed E-state index contributed by atoms with van der Waals surface area (Å²) >= 11 is 0. The predicted molar refractivity (Wildman–Crippen MR) is 85.6 cm³/mol. The third-order valence-corrected chi connectivity index (χ3v) is 3.84. The van der Waals surface area contributed by atoms with Crippen LogP contribution in [0.5, 0.6) is 0 Å². The van der Waals surface area contributed by atoms with Crippen molar-refractivity contribution in [2.45, 2.75) is 24.7 Å². The number of halogens is 3. The highest BCUT2D eigenvalue weighted by Gasteiger charge is 2.47. The van der Waals surface area contributed by atoms with Crippen LogP contribution in [0.3, 0.4) is 0 Å². The number of nitrogens with one attached hydrogen (secondary N) is 2. The van der Waals surface area contributed by atoms with Gasteiger partial charge in [-0.3, -0.25) is 4.99 Å². The van der Waals surface area contributed by atoms with Crippen LogP contribution in [0.1, 0.15) is 24.8 Å². The molecule has 0 aromatic heterocycles. The Morgan fingerprint density at radius 2 is 1.95 bits per heavy atom. The van der Waals surface area contributed by atoms with Gasteiger partial charge in [0.15, 0.2) is 5.96 Å². The second-order valence-electron chi connectivity index (χ2n) is 5.24. The molecule has 110 valence electrons. The molecule has 1 aromatic rings. The second-order valence-corrected chi connectivity index (χ2v) is 5.24. The molecule has 0 spiro atoms. The third-order valence-electron chi connectivity index (χ3n) is 3.84. The summed E-state index contributed by atoms with van der Waals surface area (Å²) in [6.45, 7) is 2.22. The molecule has 1 heterocycles.